The van der Waals surface area contributed by atoms with Crippen LogP contribution in [0.1, 0.15) is 17.0 Å². The Hall–Kier alpha value is -1.81. The molecule has 0 amide bonds. The maximum Gasteiger partial charge on any atom is 0.209 e. The van der Waals surface area contributed by atoms with E-state index in [-0.39, 0.29) is 11.5 Å². The first-order chi connectivity index (χ1) is 8.85. The zero-order chi connectivity index (χ0) is 14.2. The summed E-state index contributed by atoms with van der Waals surface area (Å²) in [5, 5.41) is 20.9. The third kappa shape index (κ3) is 2.49. The quantitative estimate of drug-likeness (QED) is 0.536. The highest BCUT2D eigenvalue weighted by molar-refractivity contribution is 7.91. The topological polar surface area (TPSA) is 88.1 Å². The van der Waals surface area contributed by atoms with Crippen LogP contribution in [0.5, 0.6) is 0 Å². The van der Waals surface area contributed by atoms with Gasteiger partial charge in [0, 0.05) is 33.0 Å². The smallest absolute Gasteiger partial charge is 0.209 e. The molecule has 0 spiro atoms. The van der Waals surface area contributed by atoms with Crippen LogP contribution in [-0.4, -0.2) is 33.0 Å². The van der Waals surface area contributed by atoms with Gasteiger partial charge in [0.2, 0.25) is 5.69 Å². The fraction of sp³-hybridized carbons (Fsp3) is 0.500. The maximum absolute atomic E-state index is 11.7. The number of sulfone groups is 1. The fourth-order valence-corrected chi connectivity index (χ4v) is 3.42. The third-order valence-corrected chi connectivity index (χ3v) is 4.99. The molecule has 7 heteroatoms. The van der Waals surface area contributed by atoms with Crippen molar-refractivity contribution in [1.29, 1.82) is 5.26 Å². The summed E-state index contributed by atoms with van der Waals surface area (Å²) in [5.41, 5.74) is 1.82. The first kappa shape index (κ1) is 13.6. The largest absolute Gasteiger partial charge is 0.618 e. The molecule has 2 heterocycles. The molecular weight excluding hydrogens is 266 g/mol. The number of anilines is 1. The molecule has 1 aliphatic heterocycles. The standard InChI is InChI=1S/C12H15N3O3S/c1-9-7-12(11(8-13)10(2)15(9)16)14-3-5-19(17,18)6-4-14/h7H,3-6H2,1-2H3. The summed E-state index contributed by atoms with van der Waals surface area (Å²) in [6.07, 6.45) is 0. The van der Waals surface area contributed by atoms with Gasteiger partial charge in [-0.25, -0.2) is 8.42 Å². The van der Waals surface area contributed by atoms with Crippen LogP contribution in [0.2, 0.25) is 0 Å². The van der Waals surface area contributed by atoms with E-state index in [0.29, 0.717) is 35.7 Å². The number of rotatable bonds is 1. The summed E-state index contributed by atoms with van der Waals surface area (Å²) in [4.78, 5) is 1.86. The van der Waals surface area contributed by atoms with Gasteiger partial charge in [-0.1, -0.05) is 0 Å². The van der Waals surface area contributed by atoms with Gasteiger partial charge in [-0.2, -0.15) is 9.99 Å². The van der Waals surface area contributed by atoms with E-state index in [1.807, 2.05) is 11.0 Å². The Morgan fingerprint density at radius 2 is 1.95 bits per heavy atom. The molecule has 6 nitrogen and oxygen atoms in total. The second-order valence-electron chi connectivity index (χ2n) is 4.68. The SMILES string of the molecule is Cc1cc(N2CCS(=O)(=O)CC2)c(C#N)c(C)[n+]1[O-]. The van der Waals surface area contributed by atoms with E-state index < -0.39 is 9.84 Å². The minimum Gasteiger partial charge on any atom is -0.618 e. The lowest BCUT2D eigenvalue weighted by atomic mass is 10.1. The van der Waals surface area contributed by atoms with E-state index in [1.165, 1.54) is 0 Å². The lowest BCUT2D eigenvalue weighted by Gasteiger charge is -2.29. The molecule has 0 aliphatic carbocycles. The summed E-state index contributed by atoms with van der Waals surface area (Å²) in [6.45, 7) is 3.99. The van der Waals surface area contributed by atoms with Crippen molar-refractivity contribution < 1.29 is 13.1 Å². The lowest BCUT2D eigenvalue weighted by molar-refractivity contribution is -0.619. The Balaban J connectivity index is 2.44. The molecule has 1 aliphatic rings. The Bertz CT molecular complexity index is 648. The molecule has 0 bridgehead atoms. The van der Waals surface area contributed by atoms with Gasteiger partial charge in [0.25, 0.3) is 0 Å². The highest BCUT2D eigenvalue weighted by atomic mass is 32.2. The molecule has 102 valence electrons. The summed E-state index contributed by atoms with van der Waals surface area (Å²) in [5.74, 6) is 0.171. The van der Waals surface area contributed by atoms with Gasteiger partial charge in [-0.15, -0.1) is 0 Å². The van der Waals surface area contributed by atoms with E-state index in [1.54, 1.807) is 19.9 Å². The van der Waals surface area contributed by atoms with Crippen LogP contribution in [0.4, 0.5) is 5.69 Å². The lowest BCUT2D eigenvalue weighted by Crippen LogP contribution is -2.42. The number of nitrogens with zero attached hydrogens (tertiary/aromatic N) is 3. The number of pyridine rings is 1. The van der Waals surface area contributed by atoms with Gasteiger partial charge in [0.1, 0.15) is 11.6 Å². The predicted molar refractivity (Wildman–Crippen MR) is 70.5 cm³/mol. The van der Waals surface area contributed by atoms with Crippen molar-refractivity contribution in [3.05, 3.63) is 28.2 Å². The Kier molecular flexibility index (Phi) is 3.37. The Labute approximate surface area is 112 Å². The molecule has 0 radical (unpaired) electrons. The molecule has 0 N–H and O–H groups in total. The van der Waals surface area contributed by atoms with Crippen LogP contribution in [0.15, 0.2) is 6.07 Å². The van der Waals surface area contributed by atoms with Gasteiger partial charge < -0.3 is 10.1 Å². The van der Waals surface area contributed by atoms with Gasteiger partial charge >= 0.3 is 0 Å². The van der Waals surface area contributed by atoms with Crippen LogP contribution >= 0.6 is 0 Å². The second kappa shape index (κ2) is 4.70. The van der Waals surface area contributed by atoms with E-state index >= 15 is 0 Å². The number of hydrogen-bond acceptors (Lipinski definition) is 5. The molecule has 1 saturated heterocycles. The minimum absolute atomic E-state index is 0.0855. The second-order valence-corrected chi connectivity index (χ2v) is 6.98. The number of aromatic nitrogens is 1. The molecule has 0 aromatic carbocycles. The van der Waals surface area contributed by atoms with Gasteiger partial charge in [0.05, 0.1) is 17.2 Å². The first-order valence-corrected chi connectivity index (χ1v) is 7.77. The van der Waals surface area contributed by atoms with E-state index in [2.05, 4.69) is 0 Å². The summed E-state index contributed by atoms with van der Waals surface area (Å²) < 4.78 is 23.6. The molecule has 1 fully saturated rings. The van der Waals surface area contributed by atoms with Crippen molar-refractivity contribution in [3.8, 4) is 6.07 Å². The minimum atomic E-state index is -2.96. The Morgan fingerprint density at radius 3 is 2.47 bits per heavy atom. The van der Waals surface area contributed by atoms with Crippen molar-refractivity contribution in [2.24, 2.45) is 0 Å². The van der Waals surface area contributed by atoms with Crippen molar-refractivity contribution in [2.45, 2.75) is 13.8 Å². The first-order valence-electron chi connectivity index (χ1n) is 5.95. The number of hydrogen-bond donors (Lipinski definition) is 0. The fourth-order valence-electron chi connectivity index (χ4n) is 2.22. The average Bonchev–Trinajstić information content (AvgIpc) is 2.36. The molecule has 0 unspecified atom stereocenters. The summed E-state index contributed by atoms with van der Waals surface area (Å²) in [6, 6.07) is 3.69. The van der Waals surface area contributed by atoms with E-state index in [9.17, 15) is 18.9 Å². The van der Waals surface area contributed by atoms with Crippen molar-refractivity contribution in [1.82, 2.24) is 0 Å². The molecule has 2 rings (SSSR count). The zero-order valence-electron chi connectivity index (χ0n) is 10.9. The highest BCUT2D eigenvalue weighted by Gasteiger charge is 2.26. The third-order valence-electron chi connectivity index (χ3n) is 3.39. The van der Waals surface area contributed by atoms with E-state index in [4.69, 9.17) is 0 Å². The molecular formula is C12H15N3O3S. The molecule has 0 saturated carbocycles. The van der Waals surface area contributed by atoms with Crippen LogP contribution in [0.25, 0.3) is 0 Å². The van der Waals surface area contributed by atoms with Crippen molar-refractivity contribution >= 4 is 15.5 Å². The van der Waals surface area contributed by atoms with Crippen LogP contribution in [-0.2, 0) is 9.84 Å². The van der Waals surface area contributed by atoms with E-state index in [0.717, 1.165) is 4.73 Å². The normalized spacial score (nSPS) is 18.1. The predicted octanol–water partition coefficient (Wildman–Crippen LogP) is 0.0433. The van der Waals surface area contributed by atoms with Crippen molar-refractivity contribution in [3.63, 3.8) is 0 Å². The van der Waals surface area contributed by atoms with Crippen molar-refractivity contribution in [2.75, 3.05) is 29.5 Å². The molecule has 19 heavy (non-hydrogen) atoms. The molecule has 0 atom stereocenters. The van der Waals surface area contributed by atoms with Crippen LogP contribution in [0.3, 0.4) is 0 Å². The van der Waals surface area contributed by atoms with Crippen LogP contribution < -0.4 is 9.63 Å². The molecule has 1 aromatic rings. The summed E-state index contributed by atoms with van der Waals surface area (Å²) in [7, 11) is -2.96. The molecule has 1 aromatic heterocycles. The summed E-state index contributed by atoms with van der Waals surface area (Å²) >= 11 is 0. The monoisotopic (exact) mass is 281 g/mol. The number of nitriles is 1. The Morgan fingerprint density at radius 1 is 1.37 bits per heavy atom. The van der Waals surface area contributed by atoms with Gasteiger partial charge in [-0.05, 0) is 0 Å². The van der Waals surface area contributed by atoms with Crippen LogP contribution in [0, 0.1) is 30.4 Å². The van der Waals surface area contributed by atoms with Gasteiger partial charge in [0.15, 0.2) is 15.5 Å². The number of aryl methyl sites for hydroxylation is 1. The highest BCUT2D eigenvalue weighted by Crippen LogP contribution is 2.24. The maximum atomic E-state index is 11.7. The zero-order valence-corrected chi connectivity index (χ0v) is 11.7. The average molecular weight is 281 g/mol. The van der Waals surface area contributed by atoms with Gasteiger partial charge in [-0.3, -0.25) is 0 Å².